The quantitative estimate of drug-likeness (QED) is 0.721. The fourth-order valence-corrected chi connectivity index (χ4v) is 3.44. The Morgan fingerprint density at radius 1 is 1.08 bits per heavy atom. The Balaban J connectivity index is 1.24. The van der Waals surface area contributed by atoms with Crippen LogP contribution in [0.15, 0.2) is 42.9 Å². The van der Waals surface area contributed by atoms with Crippen LogP contribution in [0.4, 0.5) is 5.82 Å². The first kappa shape index (κ1) is 16.0. The molecule has 0 amide bonds. The van der Waals surface area contributed by atoms with Crippen molar-refractivity contribution in [3.63, 3.8) is 0 Å². The van der Waals surface area contributed by atoms with Gasteiger partial charge in [-0.25, -0.2) is 9.97 Å². The van der Waals surface area contributed by atoms with E-state index in [1.807, 2.05) is 6.07 Å². The molecule has 2 heterocycles. The van der Waals surface area contributed by atoms with E-state index in [1.54, 1.807) is 12.5 Å². The lowest BCUT2D eigenvalue weighted by atomic mass is 9.93. The van der Waals surface area contributed by atoms with Crippen molar-refractivity contribution in [3.8, 4) is 0 Å². The van der Waals surface area contributed by atoms with Crippen LogP contribution in [0, 0.1) is 0 Å². The first-order chi connectivity index (χ1) is 12.4. The van der Waals surface area contributed by atoms with Gasteiger partial charge in [-0.05, 0) is 37.7 Å². The Bertz CT molecular complexity index is 796. The van der Waals surface area contributed by atoms with Crippen LogP contribution in [-0.4, -0.2) is 38.9 Å². The zero-order valence-corrected chi connectivity index (χ0v) is 14.2. The Kier molecular flexibility index (Phi) is 4.88. The lowest BCUT2D eigenvalue weighted by molar-refractivity contribution is 0.0283. The number of ether oxygens (including phenoxy) is 1. The Morgan fingerprint density at radius 3 is 2.76 bits per heavy atom. The summed E-state index contributed by atoms with van der Waals surface area (Å²) in [6.45, 7) is 0.800. The van der Waals surface area contributed by atoms with Crippen LogP contribution in [0.2, 0.25) is 0 Å². The predicted octanol–water partition coefficient (Wildman–Crippen LogP) is 3.34. The van der Waals surface area contributed by atoms with Crippen LogP contribution in [0.1, 0.15) is 31.2 Å². The maximum atomic E-state index is 6.07. The molecule has 1 aliphatic carbocycles. The molecule has 0 aliphatic heterocycles. The fraction of sp³-hybridized carbons (Fsp3) is 0.421. The second-order valence-electron chi connectivity index (χ2n) is 6.58. The van der Waals surface area contributed by atoms with Crippen molar-refractivity contribution in [3.05, 3.63) is 48.4 Å². The molecule has 0 bridgehead atoms. The third-order valence-corrected chi connectivity index (χ3v) is 4.85. The van der Waals surface area contributed by atoms with Gasteiger partial charge in [-0.3, -0.25) is 5.10 Å². The molecule has 3 aromatic rings. The van der Waals surface area contributed by atoms with E-state index in [1.165, 1.54) is 5.56 Å². The van der Waals surface area contributed by atoms with Crippen LogP contribution in [0.5, 0.6) is 0 Å². The lowest BCUT2D eigenvalue weighted by Crippen LogP contribution is -2.30. The summed E-state index contributed by atoms with van der Waals surface area (Å²) in [4.78, 5) is 8.54. The first-order valence-corrected chi connectivity index (χ1v) is 8.94. The van der Waals surface area contributed by atoms with Crippen molar-refractivity contribution in [1.29, 1.82) is 0 Å². The Hall–Kier alpha value is -2.47. The topological polar surface area (TPSA) is 75.7 Å². The van der Waals surface area contributed by atoms with Crippen molar-refractivity contribution < 1.29 is 4.74 Å². The van der Waals surface area contributed by atoms with Gasteiger partial charge in [0, 0.05) is 6.04 Å². The van der Waals surface area contributed by atoms with E-state index in [9.17, 15) is 0 Å². The van der Waals surface area contributed by atoms with E-state index in [4.69, 9.17) is 4.74 Å². The molecular formula is C19H23N5O. The summed E-state index contributed by atoms with van der Waals surface area (Å²) >= 11 is 0. The summed E-state index contributed by atoms with van der Waals surface area (Å²) < 4.78 is 6.07. The summed E-state index contributed by atoms with van der Waals surface area (Å²) in [5, 5.41) is 11.4. The van der Waals surface area contributed by atoms with Crippen molar-refractivity contribution in [2.24, 2.45) is 0 Å². The number of anilines is 1. The largest absolute Gasteiger partial charge is 0.378 e. The molecule has 1 fully saturated rings. The second-order valence-corrected chi connectivity index (χ2v) is 6.58. The highest BCUT2D eigenvalue weighted by Gasteiger charge is 2.22. The Morgan fingerprint density at radius 2 is 1.92 bits per heavy atom. The minimum absolute atomic E-state index is 0.376. The van der Waals surface area contributed by atoms with Gasteiger partial charge in [0.15, 0.2) is 5.65 Å². The van der Waals surface area contributed by atoms with Gasteiger partial charge in [0.1, 0.15) is 12.1 Å². The summed E-state index contributed by atoms with van der Waals surface area (Å²) in [7, 11) is 0. The molecule has 0 saturated heterocycles. The second kappa shape index (κ2) is 7.61. The van der Waals surface area contributed by atoms with Gasteiger partial charge in [0.25, 0.3) is 0 Å². The fourth-order valence-electron chi connectivity index (χ4n) is 3.44. The number of rotatable bonds is 6. The average Bonchev–Trinajstić information content (AvgIpc) is 3.14. The van der Waals surface area contributed by atoms with Crippen LogP contribution in [0.3, 0.4) is 0 Å². The van der Waals surface area contributed by atoms with Gasteiger partial charge < -0.3 is 10.1 Å². The number of hydrogen-bond acceptors (Lipinski definition) is 5. The Labute approximate surface area is 147 Å². The minimum atomic E-state index is 0.376. The SMILES string of the molecule is c1ccc(CCO[C@H]2CC[C@H](Nc3ncnc4[nH]ncc34)CC2)cc1. The van der Waals surface area contributed by atoms with E-state index >= 15 is 0 Å². The molecular weight excluding hydrogens is 314 g/mol. The summed E-state index contributed by atoms with van der Waals surface area (Å²) in [5.41, 5.74) is 2.11. The molecule has 1 aliphatic rings. The molecule has 25 heavy (non-hydrogen) atoms. The third kappa shape index (κ3) is 3.96. The van der Waals surface area contributed by atoms with E-state index in [0.29, 0.717) is 12.1 Å². The number of nitrogens with zero attached hydrogens (tertiary/aromatic N) is 3. The number of fused-ring (bicyclic) bond motifs is 1. The summed E-state index contributed by atoms with van der Waals surface area (Å²) in [6, 6.07) is 11.0. The van der Waals surface area contributed by atoms with Crippen LogP contribution < -0.4 is 5.32 Å². The summed E-state index contributed by atoms with van der Waals surface area (Å²) in [6.07, 6.45) is 9.08. The molecule has 6 nitrogen and oxygen atoms in total. The molecule has 0 radical (unpaired) electrons. The number of H-pyrrole nitrogens is 1. The number of aromatic amines is 1. The van der Waals surface area contributed by atoms with E-state index in [0.717, 1.165) is 55.6 Å². The van der Waals surface area contributed by atoms with Crippen LogP contribution >= 0.6 is 0 Å². The zero-order valence-electron chi connectivity index (χ0n) is 14.2. The molecule has 6 heteroatoms. The average molecular weight is 337 g/mol. The van der Waals surface area contributed by atoms with E-state index < -0.39 is 0 Å². The third-order valence-electron chi connectivity index (χ3n) is 4.85. The molecule has 0 atom stereocenters. The van der Waals surface area contributed by atoms with Gasteiger partial charge in [-0.2, -0.15) is 5.10 Å². The van der Waals surface area contributed by atoms with Crippen LogP contribution in [0.25, 0.3) is 11.0 Å². The highest BCUT2D eigenvalue weighted by Crippen LogP contribution is 2.25. The number of hydrogen-bond donors (Lipinski definition) is 2. The highest BCUT2D eigenvalue weighted by atomic mass is 16.5. The number of aromatic nitrogens is 4. The van der Waals surface area contributed by atoms with E-state index in [2.05, 4.69) is 49.7 Å². The monoisotopic (exact) mass is 337 g/mol. The minimum Gasteiger partial charge on any atom is -0.378 e. The maximum absolute atomic E-state index is 6.07. The van der Waals surface area contributed by atoms with Crippen molar-refractivity contribution >= 4 is 16.9 Å². The van der Waals surface area contributed by atoms with Crippen molar-refractivity contribution in [2.75, 3.05) is 11.9 Å². The molecule has 1 aromatic carbocycles. The molecule has 0 unspecified atom stereocenters. The molecule has 1 saturated carbocycles. The zero-order chi connectivity index (χ0) is 16.9. The van der Waals surface area contributed by atoms with Crippen molar-refractivity contribution in [1.82, 2.24) is 20.2 Å². The smallest absolute Gasteiger partial charge is 0.160 e. The lowest BCUT2D eigenvalue weighted by Gasteiger charge is -2.29. The van der Waals surface area contributed by atoms with Gasteiger partial charge in [-0.15, -0.1) is 0 Å². The van der Waals surface area contributed by atoms with Crippen LogP contribution in [-0.2, 0) is 11.2 Å². The standard InChI is InChI=1S/C19H23N5O/c1-2-4-14(5-3-1)10-11-25-16-8-6-15(7-9-16)23-18-17-12-22-24-19(17)21-13-20-18/h1-5,12-13,15-16H,6-11H2,(H2,20,21,22,23,24)/t15-,16-. The van der Waals surface area contributed by atoms with E-state index in [-0.39, 0.29) is 0 Å². The molecule has 2 aromatic heterocycles. The van der Waals surface area contributed by atoms with Gasteiger partial charge in [0.2, 0.25) is 0 Å². The normalized spacial score (nSPS) is 20.6. The maximum Gasteiger partial charge on any atom is 0.160 e. The van der Waals surface area contributed by atoms with Gasteiger partial charge in [0.05, 0.1) is 24.3 Å². The number of benzene rings is 1. The predicted molar refractivity (Wildman–Crippen MR) is 97.4 cm³/mol. The number of nitrogens with one attached hydrogen (secondary N) is 2. The summed E-state index contributed by atoms with van der Waals surface area (Å²) in [5.74, 6) is 0.868. The molecule has 2 N–H and O–H groups in total. The molecule has 4 rings (SSSR count). The first-order valence-electron chi connectivity index (χ1n) is 8.94. The van der Waals surface area contributed by atoms with Gasteiger partial charge in [-0.1, -0.05) is 30.3 Å². The van der Waals surface area contributed by atoms with Gasteiger partial charge >= 0.3 is 0 Å². The molecule has 130 valence electrons. The van der Waals surface area contributed by atoms with Crippen molar-refractivity contribution in [2.45, 2.75) is 44.2 Å². The highest BCUT2D eigenvalue weighted by molar-refractivity contribution is 5.85. The molecule has 0 spiro atoms.